The van der Waals surface area contributed by atoms with Crippen molar-refractivity contribution in [1.82, 2.24) is 14.8 Å². The number of nitrogens with one attached hydrogen (secondary N) is 2. The first-order valence-corrected chi connectivity index (χ1v) is 5.62. The molecule has 0 spiro atoms. The van der Waals surface area contributed by atoms with Gasteiger partial charge in [-0.2, -0.15) is 0 Å². The van der Waals surface area contributed by atoms with Gasteiger partial charge in [-0.05, 0) is 43.3 Å². The highest BCUT2D eigenvalue weighted by atomic mass is 32.1. The molecule has 0 saturated carbocycles. The highest BCUT2D eigenvalue weighted by Gasteiger charge is 2.10. The van der Waals surface area contributed by atoms with Crippen LogP contribution in [-0.4, -0.2) is 14.8 Å². The smallest absolute Gasteiger partial charge is 0.272 e. The maximum Gasteiger partial charge on any atom is 0.342 e. The van der Waals surface area contributed by atoms with Crippen LogP contribution in [0.3, 0.4) is 0 Å². The lowest BCUT2D eigenvalue weighted by molar-refractivity contribution is 0.521. The average Bonchev–Trinajstić information content (AvgIpc) is 2.62. The van der Waals surface area contributed by atoms with Crippen LogP contribution >= 0.6 is 12.2 Å². The minimum atomic E-state index is -0.266. The van der Waals surface area contributed by atoms with E-state index in [1.54, 1.807) is 12.1 Å². The van der Waals surface area contributed by atoms with Gasteiger partial charge < -0.3 is 0 Å². The number of hydrogen-bond acceptors (Lipinski definition) is 2. The zero-order valence-corrected chi connectivity index (χ0v) is 10.1. The molecule has 1 unspecified atom stereocenters. The van der Waals surface area contributed by atoms with Gasteiger partial charge in [-0.25, -0.2) is 14.3 Å². The standard InChI is InChI=1S/C11H12FN3OS/c1-7(15-10(16)13-14-11(15)17)6-8-2-4-9(12)5-3-8/h2-5,7H,6H2,1H3,(H,13,16)(H,14,17). The summed E-state index contributed by atoms with van der Waals surface area (Å²) < 4.78 is 14.6. The average molecular weight is 253 g/mol. The molecule has 0 aliphatic carbocycles. The molecule has 2 N–H and O–H groups in total. The van der Waals surface area contributed by atoms with Crippen molar-refractivity contribution in [3.63, 3.8) is 0 Å². The van der Waals surface area contributed by atoms with E-state index in [2.05, 4.69) is 10.2 Å². The Bertz CT molecular complexity index is 583. The molecule has 90 valence electrons. The Balaban J connectivity index is 2.23. The van der Waals surface area contributed by atoms with Crippen LogP contribution in [0.5, 0.6) is 0 Å². The molecule has 0 fully saturated rings. The molecule has 0 radical (unpaired) electrons. The van der Waals surface area contributed by atoms with Crippen LogP contribution in [0, 0.1) is 10.6 Å². The van der Waals surface area contributed by atoms with Gasteiger partial charge in [0.25, 0.3) is 0 Å². The van der Waals surface area contributed by atoms with Gasteiger partial charge in [0.05, 0.1) is 0 Å². The molecule has 1 atom stereocenters. The first kappa shape index (κ1) is 11.8. The topological polar surface area (TPSA) is 53.6 Å². The summed E-state index contributed by atoms with van der Waals surface area (Å²) in [6.07, 6.45) is 0.621. The third-order valence-corrected chi connectivity index (χ3v) is 2.90. The third kappa shape index (κ3) is 2.52. The second-order valence-electron chi connectivity index (χ2n) is 3.91. The third-order valence-electron chi connectivity index (χ3n) is 2.60. The number of aromatic amines is 2. The molecule has 0 saturated heterocycles. The number of H-pyrrole nitrogens is 2. The summed E-state index contributed by atoms with van der Waals surface area (Å²) in [4.78, 5) is 11.5. The molecule has 2 rings (SSSR count). The normalized spacial score (nSPS) is 12.6. The monoisotopic (exact) mass is 253 g/mol. The predicted molar refractivity (Wildman–Crippen MR) is 65.1 cm³/mol. The van der Waals surface area contributed by atoms with Gasteiger partial charge in [0.1, 0.15) is 5.82 Å². The molecule has 1 aromatic carbocycles. The van der Waals surface area contributed by atoms with Gasteiger partial charge in [-0.1, -0.05) is 12.1 Å². The van der Waals surface area contributed by atoms with E-state index in [4.69, 9.17) is 12.2 Å². The van der Waals surface area contributed by atoms with E-state index in [0.29, 0.717) is 11.2 Å². The van der Waals surface area contributed by atoms with Crippen LogP contribution in [0.1, 0.15) is 18.5 Å². The summed E-state index contributed by atoms with van der Waals surface area (Å²) in [6, 6.07) is 6.14. The minimum Gasteiger partial charge on any atom is -0.272 e. The van der Waals surface area contributed by atoms with Gasteiger partial charge in [0.15, 0.2) is 4.77 Å². The fourth-order valence-electron chi connectivity index (χ4n) is 1.77. The summed E-state index contributed by atoms with van der Waals surface area (Å²) in [5.74, 6) is -0.266. The Morgan fingerprint density at radius 3 is 2.53 bits per heavy atom. The van der Waals surface area contributed by atoms with Crippen LogP contribution in [-0.2, 0) is 6.42 Å². The molecule has 2 aromatic rings. The molecule has 0 amide bonds. The number of hydrogen-bond donors (Lipinski definition) is 2. The number of aromatic nitrogens is 3. The van der Waals surface area contributed by atoms with Crippen molar-refractivity contribution in [3.8, 4) is 0 Å². The fraction of sp³-hybridized carbons (Fsp3) is 0.273. The van der Waals surface area contributed by atoms with Crippen LogP contribution in [0.2, 0.25) is 0 Å². The molecular weight excluding hydrogens is 241 g/mol. The van der Waals surface area contributed by atoms with Crippen molar-refractivity contribution >= 4 is 12.2 Å². The molecular formula is C11H12FN3OS. The first-order valence-electron chi connectivity index (χ1n) is 5.21. The first-order chi connectivity index (χ1) is 8.08. The Hall–Kier alpha value is -1.69. The quantitative estimate of drug-likeness (QED) is 0.824. The molecule has 4 nitrogen and oxygen atoms in total. The zero-order chi connectivity index (χ0) is 12.4. The second-order valence-corrected chi connectivity index (χ2v) is 4.30. The van der Waals surface area contributed by atoms with Crippen molar-refractivity contribution in [1.29, 1.82) is 0 Å². The van der Waals surface area contributed by atoms with Gasteiger partial charge in [0.2, 0.25) is 0 Å². The maximum atomic E-state index is 12.7. The number of rotatable bonds is 3. The summed E-state index contributed by atoms with van der Waals surface area (Å²) in [5.41, 5.74) is 0.700. The Morgan fingerprint density at radius 2 is 2.00 bits per heavy atom. The molecule has 17 heavy (non-hydrogen) atoms. The summed E-state index contributed by atoms with van der Waals surface area (Å²) in [5, 5.41) is 5.02. The van der Waals surface area contributed by atoms with E-state index in [-0.39, 0.29) is 17.5 Å². The lowest BCUT2D eigenvalue weighted by Crippen LogP contribution is -2.22. The molecule has 0 bridgehead atoms. The Kier molecular flexibility index (Phi) is 3.23. The Morgan fingerprint density at radius 1 is 1.35 bits per heavy atom. The van der Waals surface area contributed by atoms with Crippen LogP contribution in [0.25, 0.3) is 0 Å². The minimum absolute atomic E-state index is 0.0806. The largest absolute Gasteiger partial charge is 0.342 e. The lowest BCUT2D eigenvalue weighted by atomic mass is 10.1. The maximum absolute atomic E-state index is 12.7. The molecule has 0 aliphatic heterocycles. The van der Waals surface area contributed by atoms with Crippen LogP contribution < -0.4 is 5.69 Å². The van der Waals surface area contributed by atoms with Crippen molar-refractivity contribution in [2.24, 2.45) is 0 Å². The highest BCUT2D eigenvalue weighted by molar-refractivity contribution is 7.71. The second kappa shape index (κ2) is 4.67. The van der Waals surface area contributed by atoms with Gasteiger partial charge in [-0.3, -0.25) is 9.67 Å². The number of nitrogens with zero attached hydrogens (tertiary/aromatic N) is 1. The summed E-state index contributed by atoms with van der Waals surface area (Å²) in [6.45, 7) is 1.89. The van der Waals surface area contributed by atoms with E-state index in [1.165, 1.54) is 16.7 Å². The van der Waals surface area contributed by atoms with Gasteiger partial charge in [0, 0.05) is 6.04 Å². The van der Waals surface area contributed by atoms with Crippen molar-refractivity contribution in [2.45, 2.75) is 19.4 Å². The van der Waals surface area contributed by atoms with Gasteiger partial charge >= 0.3 is 5.69 Å². The van der Waals surface area contributed by atoms with E-state index in [0.717, 1.165) is 5.56 Å². The van der Waals surface area contributed by atoms with E-state index in [9.17, 15) is 9.18 Å². The predicted octanol–water partition coefficient (Wildman–Crippen LogP) is 2.18. The highest BCUT2D eigenvalue weighted by Crippen LogP contribution is 2.12. The van der Waals surface area contributed by atoms with Crippen molar-refractivity contribution in [3.05, 3.63) is 50.9 Å². The van der Waals surface area contributed by atoms with E-state index < -0.39 is 0 Å². The SMILES string of the molecule is CC(Cc1ccc(F)cc1)n1c(=O)[nH][nH]c1=S. The van der Waals surface area contributed by atoms with Crippen molar-refractivity contribution in [2.75, 3.05) is 0 Å². The van der Waals surface area contributed by atoms with E-state index >= 15 is 0 Å². The fourth-order valence-corrected chi connectivity index (χ4v) is 2.09. The zero-order valence-electron chi connectivity index (χ0n) is 9.24. The summed E-state index contributed by atoms with van der Waals surface area (Å²) in [7, 11) is 0. The summed E-state index contributed by atoms with van der Waals surface area (Å²) >= 11 is 5.00. The molecule has 6 heteroatoms. The molecule has 1 aromatic heterocycles. The molecule has 0 aliphatic rings. The van der Waals surface area contributed by atoms with Crippen LogP contribution in [0.4, 0.5) is 4.39 Å². The lowest BCUT2D eigenvalue weighted by Gasteiger charge is -2.11. The number of benzene rings is 1. The molecule has 1 heterocycles. The Labute approximate surface area is 102 Å². The van der Waals surface area contributed by atoms with E-state index in [1.807, 2.05) is 6.92 Å². The van der Waals surface area contributed by atoms with Gasteiger partial charge in [-0.15, -0.1) is 0 Å². The van der Waals surface area contributed by atoms with Crippen molar-refractivity contribution < 1.29 is 4.39 Å². The number of halogens is 1. The van der Waals surface area contributed by atoms with Crippen LogP contribution in [0.15, 0.2) is 29.1 Å².